The number of nitrogens with zero attached hydrogens (tertiary/aromatic N) is 2. The summed E-state index contributed by atoms with van der Waals surface area (Å²) < 4.78 is 39.1. The van der Waals surface area contributed by atoms with Crippen LogP contribution in [0.3, 0.4) is 0 Å². The number of carbonyl (C=O) groups is 1. The van der Waals surface area contributed by atoms with E-state index in [-0.39, 0.29) is 11.3 Å². The van der Waals surface area contributed by atoms with Gasteiger partial charge in [0.1, 0.15) is 0 Å². The maximum Gasteiger partial charge on any atom is 0.416 e. The normalized spacial score (nSPS) is 16.4. The summed E-state index contributed by atoms with van der Waals surface area (Å²) in [6.45, 7) is 0.933. The van der Waals surface area contributed by atoms with E-state index in [4.69, 9.17) is 0 Å². The van der Waals surface area contributed by atoms with Gasteiger partial charge in [-0.2, -0.15) is 13.2 Å². The Morgan fingerprint density at radius 3 is 2.48 bits per heavy atom. The van der Waals surface area contributed by atoms with Gasteiger partial charge in [-0.15, -0.1) is 0 Å². The lowest BCUT2D eigenvalue weighted by atomic mass is 9.64. The van der Waals surface area contributed by atoms with Crippen LogP contribution in [0.1, 0.15) is 36.8 Å². The molecule has 5 nitrogen and oxygen atoms in total. The third-order valence-corrected chi connectivity index (χ3v) is 5.06. The molecule has 1 fully saturated rings. The molecule has 1 aliphatic rings. The van der Waals surface area contributed by atoms with Gasteiger partial charge < -0.3 is 15.5 Å². The summed E-state index contributed by atoms with van der Waals surface area (Å²) in [5, 5.41) is 6.28. The molecule has 0 heterocycles. The molecule has 0 spiro atoms. The van der Waals surface area contributed by atoms with Crippen LogP contribution in [0, 0.1) is 0 Å². The van der Waals surface area contributed by atoms with Crippen LogP contribution in [-0.4, -0.2) is 51.0 Å². The van der Waals surface area contributed by atoms with Crippen molar-refractivity contribution in [1.29, 1.82) is 0 Å². The van der Waals surface area contributed by atoms with E-state index in [0.717, 1.165) is 25.3 Å². The summed E-state index contributed by atoms with van der Waals surface area (Å²) in [5.41, 5.74) is -0.233. The fourth-order valence-corrected chi connectivity index (χ4v) is 3.18. The van der Waals surface area contributed by atoms with Crippen molar-refractivity contribution in [3.05, 3.63) is 35.4 Å². The van der Waals surface area contributed by atoms with Crippen LogP contribution >= 0.6 is 0 Å². The molecule has 0 radical (unpaired) electrons. The van der Waals surface area contributed by atoms with Crippen molar-refractivity contribution >= 4 is 11.9 Å². The van der Waals surface area contributed by atoms with E-state index in [0.29, 0.717) is 31.0 Å². The number of amides is 1. The molecule has 0 atom stereocenters. The van der Waals surface area contributed by atoms with Crippen molar-refractivity contribution in [1.82, 2.24) is 15.5 Å². The van der Waals surface area contributed by atoms with Crippen molar-refractivity contribution in [3.8, 4) is 0 Å². The molecule has 1 aromatic carbocycles. The van der Waals surface area contributed by atoms with Crippen molar-refractivity contribution in [3.63, 3.8) is 0 Å². The van der Waals surface area contributed by atoms with Gasteiger partial charge in [-0.05, 0) is 24.5 Å². The first-order valence-corrected chi connectivity index (χ1v) is 9.00. The Hall–Kier alpha value is -2.25. The van der Waals surface area contributed by atoms with E-state index in [1.165, 1.54) is 17.0 Å². The Balaban J connectivity index is 1.99. The van der Waals surface area contributed by atoms with Crippen molar-refractivity contribution in [2.24, 2.45) is 4.99 Å². The Kier molecular flexibility index (Phi) is 6.73. The third-order valence-electron chi connectivity index (χ3n) is 5.06. The number of benzene rings is 1. The van der Waals surface area contributed by atoms with Gasteiger partial charge >= 0.3 is 6.18 Å². The average Bonchev–Trinajstić information content (AvgIpc) is 2.58. The second-order valence-electron chi connectivity index (χ2n) is 7.10. The summed E-state index contributed by atoms with van der Waals surface area (Å²) >= 11 is 0. The van der Waals surface area contributed by atoms with Crippen molar-refractivity contribution in [2.75, 3.05) is 34.2 Å². The number of aliphatic imine (C=N–C) groups is 1. The number of hydrogen-bond donors (Lipinski definition) is 2. The number of guanidine groups is 1. The van der Waals surface area contributed by atoms with Crippen LogP contribution < -0.4 is 10.6 Å². The lowest BCUT2D eigenvalue weighted by molar-refractivity contribution is -0.137. The SMILES string of the molecule is CN=C(NCCC(=O)N(C)C)NCC1(c2cccc(C(F)(F)F)c2)CCC1. The molecule has 8 heteroatoms. The largest absolute Gasteiger partial charge is 0.416 e. The number of alkyl halides is 3. The molecule has 1 amide bonds. The van der Waals surface area contributed by atoms with Crippen LogP contribution in [0.2, 0.25) is 0 Å². The van der Waals surface area contributed by atoms with Gasteiger partial charge in [0.15, 0.2) is 5.96 Å². The molecule has 150 valence electrons. The van der Waals surface area contributed by atoms with E-state index >= 15 is 0 Å². The minimum absolute atomic E-state index is 0.0115. The zero-order valence-corrected chi connectivity index (χ0v) is 16.0. The molecule has 27 heavy (non-hydrogen) atoms. The molecule has 0 bridgehead atoms. The molecule has 2 N–H and O–H groups in total. The van der Waals surface area contributed by atoms with E-state index in [1.807, 2.05) is 0 Å². The van der Waals surface area contributed by atoms with Gasteiger partial charge in [0, 0.05) is 46.1 Å². The van der Waals surface area contributed by atoms with Crippen molar-refractivity contribution < 1.29 is 18.0 Å². The number of hydrogen-bond acceptors (Lipinski definition) is 2. The van der Waals surface area contributed by atoms with Gasteiger partial charge in [-0.1, -0.05) is 24.6 Å². The van der Waals surface area contributed by atoms with Gasteiger partial charge in [-0.25, -0.2) is 0 Å². The maximum atomic E-state index is 13.0. The fraction of sp³-hybridized carbons (Fsp3) is 0.579. The molecule has 0 aliphatic heterocycles. The summed E-state index contributed by atoms with van der Waals surface area (Å²) in [6.07, 6.45) is -1.35. The second-order valence-corrected chi connectivity index (χ2v) is 7.10. The number of nitrogens with one attached hydrogen (secondary N) is 2. The van der Waals surface area contributed by atoms with Crippen LogP contribution in [0.5, 0.6) is 0 Å². The molecular formula is C19H27F3N4O. The molecule has 1 saturated carbocycles. The molecule has 0 saturated heterocycles. The lowest BCUT2D eigenvalue weighted by Crippen LogP contribution is -2.49. The highest BCUT2D eigenvalue weighted by Gasteiger charge is 2.40. The number of rotatable bonds is 6. The molecule has 2 rings (SSSR count). The van der Waals surface area contributed by atoms with E-state index in [2.05, 4.69) is 15.6 Å². The van der Waals surface area contributed by atoms with E-state index in [1.54, 1.807) is 27.2 Å². The topological polar surface area (TPSA) is 56.7 Å². The Labute approximate surface area is 158 Å². The smallest absolute Gasteiger partial charge is 0.356 e. The zero-order valence-electron chi connectivity index (χ0n) is 16.0. The molecule has 0 unspecified atom stereocenters. The Morgan fingerprint density at radius 1 is 1.26 bits per heavy atom. The van der Waals surface area contributed by atoms with E-state index in [9.17, 15) is 18.0 Å². The summed E-state index contributed by atoms with van der Waals surface area (Å²) in [5.74, 6) is 0.553. The number of carbonyl (C=O) groups excluding carboxylic acids is 1. The van der Waals surface area contributed by atoms with Gasteiger partial charge in [-0.3, -0.25) is 9.79 Å². The molecular weight excluding hydrogens is 357 g/mol. The molecule has 1 aliphatic carbocycles. The molecule has 1 aromatic rings. The highest BCUT2D eigenvalue weighted by Crippen LogP contribution is 2.44. The lowest BCUT2D eigenvalue weighted by Gasteiger charge is -2.43. The summed E-state index contributed by atoms with van der Waals surface area (Å²) in [7, 11) is 5.02. The minimum Gasteiger partial charge on any atom is -0.356 e. The average molecular weight is 384 g/mol. The third kappa shape index (κ3) is 5.37. The fourth-order valence-electron chi connectivity index (χ4n) is 3.18. The molecule has 0 aromatic heterocycles. The minimum atomic E-state index is -4.34. The Bertz CT molecular complexity index is 682. The van der Waals surface area contributed by atoms with Gasteiger partial charge in [0.25, 0.3) is 0 Å². The maximum absolute atomic E-state index is 13.0. The first-order valence-electron chi connectivity index (χ1n) is 9.00. The Morgan fingerprint density at radius 2 is 1.96 bits per heavy atom. The van der Waals surface area contributed by atoms with Gasteiger partial charge in [0.05, 0.1) is 5.56 Å². The predicted molar refractivity (Wildman–Crippen MR) is 99.6 cm³/mol. The standard InChI is InChI=1S/C19H27F3N4O/c1-23-17(24-11-8-16(27)26(2)3)25-13-18(9-5-10-18)14-6-4-7-15(12-14)19(20,21)22/h4,6-7,12H,5,8-11,13H2,1-3H3,(H2,23,24,25). The zero-order chi connectivity index (χ0) is 20.1. The van der Waals surface area contributed by atoms with Crippen LogP contribution in [0.15, 0.2) is 29.3 Å². The quantitative estimate of drug-likeness (QED) is 0.586. The van der Waals surface area contributed by atoms with Crippen molar-refractivity contribution in [2.45, 2.75) is 37.3 Å². The second kappa shape index (κ2) is 8.63. The predicted octanol–water partition coefficient (Wildman–Crippen LogP) is 2.77. The highest BCUT2D eigenvalue weighted by atomic mass is 19.4. The van der Waals surface area contributed by atoms with Gasteiger partial charge in [0.2, 0.25) is 5.91 Å². The first-order chi connectivity index (χ1) is 12.7. The first kappa shape index (κ1) is 21.1. The monoisotopic (exact) mass is 384 g/mol. The summed E-state index contributed by atoms with van der Waals surface area (Å²) in [6, 6.07) is 5.60. The van der Waals surface area contributed by atoms with E-state index < -0.39 is 11.7 Å². The number of halogens is 3. The highest BCUT2D eigenvalue weighted by molar-refractivity contribution is 5.81. The van der Waals surface area contributed by atoms with Crippen LogP contribution in [-0.2, 0) is 16.4 Å². The van der Waals surface area contributed by atoms with Crippen LogP contribution in [0.4, 0.5) is 13.2 Å². The van der Waals surface area contributed by atoms with Crippen LogP contribution in [0.25, 0.3) is 0 Å². The summed E-state index contributed by atoms with van der Waals surface area (Å²) in [4.78, 5) is 17.3.